The van der Waals surface area contributed by atoms with Gasteiger partial charge in [0.2, 0.25) is 0 Å². The maximum absolute atomic E-state index is 14.3. The molecule has 0 bridgehead atoms. The highest BCUT2D eigenvalue weighted by molar-refractivity contribution is 5.94. The van der Waals surface area contributed by atoms with Crippen molar-refractivity contribution in [2.75, 3.05) is 0 Å². The third-order valence-corrected chi connectivity index (χ3v) is 5.26. The number of carbonyl (C=O) groups is 1. The minimum Gasteiger partial charge on any atom is -0.378 e. The average molecular weight is 435 g/mol. The summed E-state index contributed by atoms with van der Waals surface area (Å²) in [6.45, 7) is 3.18. The number of hydrogen-bond donors (Lipinski definition) is 2. The highest BCUT2D eigenvalue weighted by atomic mass is 19.1. The first-order valence-corrected chi connectivity index (χ1v) is 10.4. The molecule has 1 aromatic heterocycles. The van der Waals surface area contributed by atoms with E-state index in [1.54, 1.807) is 44.3 Å². The van der Waals surface area contributed by atoms with E-state index in [9.17, 15) is 18.7 Å². The van der Waals surface area contributed by atoms with E-state index in [1.165, 1.54) is 16.8 Å². The number of halogens is 2. The van der Waals surface area contributed by atoms with E-state index >= 15 is 0 Å². The van der Waals surface area contributed by atoms with E-state index in [-0.39, 0.29) is 17.6 Å². The molecule has 7 heteroatoms. The van der Waals surface area contributed by atoms with Crippen molar-refractivity contribution in [3.63, 3.8) is 0 Å². The van der Waals surface area contributed by atoms with Gasteiger partial charge in [-0.2, -0.15) is 5.10 Å². The first kappa shape index (κ1) is 21.7. The van der Waals surface area contributed by atoms with E-state index in [4.69, 9.17) is 0 Å². The molecule has 2 N–H and O–H groups in total. The van der Waals surface area contributed by atoms with Crippen LogP contribution in [0, 0.1) is 23.5 Å². The lowest BCUT2D eigenvalue weighted by molar-refractivity contribution is 0.0932. The molecule has 1 atom stereocenters. The summed E-state index contributed by atoms with van der Waals surface area (Å²) in [5, 5.41) is 17.1. The van der Waals surface area contributed by atoms with Crippen molar-refractivity contribution >= 4 is 5.91 Å². The van der Waals surface area contributed by atoms with Gasteiger partial charge < -0.3 is 10.4 Å². The van der Waals surface area contributed by atoms with Crippen molar-refractivity contribution in [3.8, 4) is 17.5 Å². The summed E-state index contributed by atoms with van der Waals surface area (Å²) in [4.78, 5) is 12.9. The number of nitrogens with one attached hydrogen (secondary N) is 1. The van der Waals surface area contributed by atoms with E-state index in [0.717, 1.165) is 30.2 Å². The van der Waals surface area contributed by atoms with Crippen LogP contribution in [0.5, 0.6) is 0 Å². The minimum atomic E-state index is -1.12. The van der Waals surface area contributed by atoms with Crippen LogP contribution in [0.3, 0.4) is 0 Å². The molecule has 0 radical (unpaired) electrons. The Morgan fingerprint density at radius 2 is 2.06 bits per heavy atom. The smallest absolute Gasteiger partial charge is 0.251 e. The summed E-state index contributed by atoms with van der Waals surface area (Å²) in [7, 11) is 0. The van der Waals surface area contributed by atoms with Crippen LogP contribution in [-0.4, -0.2) is 26.4 Å². The Morgan fingerprint density at radius 3 is 2.81 bits per heavy atom. The molecule has 5 nitrogen and oxygen atoms in total. The van der Waals surface area contributed by atoms with Gasteiger partial charge in [0.25, 0.3) is 5.91 Å². The third-order valence-electron chi connectivity index (χ3n) is 5.26. The molecule has 1 amide bonds. The quantitative estimate of drug-likeness (QED) is 0.610. The summed E-state index contributed by atoms with van der Waals surface area (Å²) >= 11 is 0. The third kappa shape index (κ3) is 4.71. The molecule has 0 saturated heterocycles. The number of hydrogen-bond acceptors (Lipinski definition) is 3. The highest BCUT2D eigenvalue weighted by Crippen LogP contribution is 2.32. The molecule has 1 unspecified atom stereocenters. The fourth-order valence-electron chi connectivity index (χ4n) is 3.77. The summed E-state index contributed by atoms with van der Waals surface area (Å²) in [5.41, 5.74) is 1.77. The van der Waals surface area contributed by atoms with E-state index in [0.29, 0.717) is 17.5 Å². The average Bonchev–Trinajstić information content (AvgIpc) is 3.17. The van der Waals surface area contributed by atoms with Crippen molar-refractivity contribution in [1.82, 2.24) is 15.1 Å². The van der Waals surface area contributed by atoms with Gasteiger partial charge in [-0.05, 0) is 63.4 Å². The Hall–Kier alpha value is -3.50. The van der Waals surface area contributed by atoms with Crippen molar-refractivity contribution < 1.29 is 18.7 Å². The van der Waals surface area contributed by atoms with E-state index < -0.39 is 17.2 Å². The number of amides is 1. The van der Waals surface area contributed by atoms with Gasteiger partial charge in [-0.25, -0.2) is 13.5 Å². The zero-order valence-corrected chi connectivity index (χ0v) is 17.8. The van der Waals surface area contributed by atoms with Gasteiger partial charge in [-0.15, -0.1) is 0 Å². The molecule has 1 aliphatic carbocycles. The van der Waals surface area contributed by atoms with Crippen LogP contribution in [0.4, 0.5) is 8.78 Å². The standard InChI is InChI=1S/C25H23F2N3O2/c1-25(2,32)12-11-16-5-3-6-17(13-16)24(31)29-21-7-4-8-22-19(21)15-28-30(22)23-10-9-18(26)14-20(23)27/h3,5-6,9-10,13-15,21,32H,4,7-8H2,1-2H3,(H,29,31). The number of benzene rings is 2. The second-order valence-corrected chi connectivity index (χ2v) is 8.36. The number of aromatic nitrogens is 2. The number of aliphatic hydroxyl groups is 1. The highest BCUT2D eigenvalue weighted by Gasteiger charge is 2.27. The van der Waals surface area contributed by atoms with Crippen LogP contribution in [0.1, 0.15) is 59.9 Å². The Balaban J connectivity index is 1.57. The topological polar surface area (TPSA) is 67.2 Å². The molecule has 2 aromatic carbocycles. The molecule has 0 spiro atoms. The minimum absolute atomic E-state index is 0.178. The zero-order chi connectivity index (χ0) is 22.9. The molecule has 32 heavy (non-hydrogen) atoms. The lowest BCUT2D eigenvalue weighted by Crippen LogP contribution is -2.31. The monoisotopic (exact) mass is 435 g/mol. The largest absolute Gasteiger partial charge is 0.378 e. The van der Waals surface area contributed by atoms with Gasteiger partial charge in [-0.1, -0.05) is 17.9 Å². The molecule has 1 aliphatic rings. The second kappa shape index (κ2) is 8.56. The van der Waals surface area contributed by atoms with Crippen LogP contribution < -0.4 is 5.32 Å². The molecular weight excluding hydrogens is 412 g/mol. The number of carbonyl (C=O) groups excluding carboxylic acids is 1. The fourth-order valence-corrected chi connectivity index (χ4v) is 3.77. The normalized spacial score (nSPS) is 15.5. The molecule has 0 aliphatic heterocycles. The SMILES string of the molecule is CC(C)(O)C#Cc1cccc(C(=O)NC2CCCc3c2cnn3-c2ccc(F)cc2F)c1. The predicted molar refractivity (Wildman–Crippen MR) is 116 cm³/mol. The summed E-state index contributed by atoms with van der Waals surface area (Å²) in [6, 6.07) is 10.0. The lowest BCUT2D eigenvalue weighted by Gasteiger charge is -2.24. The second-order valence-electron chi connectivity index (χ2n) is 8.36. The van der Waals surface area contributed by atoms with Crippen LogP contribution in [0.15, 0.2) is 48.7 Å². The molecule has 4 rings (SSSR count). The maximum atomic E-state index is 14.3. The summed E-state index contributed by atoms with van der Waals surface area (Å²) < 4.78 is 29.1. The zero-order valence-electron chi connectivity index (χ0n) is 17.8. The first-order chi connectivity index (χ1) is 15.2. The summed E-state index contributed by atoms with van der Waals surface area (Å²) in [5.74, 6) is 4.02. The van der Waals surface area contributed by atoms with Gasteiger partial charge in [-0.3, -0.25) is 4.79 Å². The molecule has 0 fully saturated rings. The summed E-state index contributed by atoms with van der Waals surface area (Å²) in [6.07, 6.45) is 3.84. The van der Waals surface area contributed by atoms with Gasteiger partial charge in [0.05, 0.1) is 12.2 Å². The van der Waals surface area contributed by atoms with Crippen LogP contribution >= 0.6 is 0 Å². The van der Waals surface area contributed by atoms with Gasteiger partial charge in [0.1, 0.15) is 17.1 Å². The van der Waals surface area contributed by atoms with Crippen molar-refractivity contribution in [3.05, 3.63) is 82.7 Å². The van der Waals surface area contributed by atoms with Crippen LogP contribution in [-0.2, 0) is 6.42 Å². The number of nitrogens with zero attached hydrogens (tertiary/aromatic N) is 2. The Bertz CT molecular complexity index is 1230. The Labute approximate surface area is 185 Å². The Morgan fingerprint density at radius 1 is 1.25 bits per heavy atom. The van der Waals surface area contributed by atoms with Crippen LogP contribution in [0.25, 0.3) is 5.69 Å². The van der Waals surface area contributed by atoms with Gasteiger partial charge >= 0.3 is 0 Å². The number of fused-ring (bicyclic) bond motifs is 1. The van der Waals surface area contributed by atoms with Crippen molar-refractivity contribution in [2.24, 2.45) is 0 Å². The molecule has 0 saturated carbocycles. The molecule has 1 heterocycles. The van der Waals surface area contributed by atoms with Crippen LogP contribution in [0.2, 0.25) is 0 Å². The van der Waals surface area contributed by atoms with Crippen molar-refractivity contribution in [1.29, 1.82) is 0 Å². The van der Waals surface area contributed by atoms with E-state index in [2.05, 4.69) is 22.3 Å². The Kier molecular flexibility index (Phi) is 5.81. The maximum Gasteiger partial charge on any atom is 0.251 e. The number of rotatable bonds is 3. The fraction of sp³-hybridized carbons (Fsp3) is 0.280. The van der Waals surface area contributed by atoms with Gasteiger partial charge in [0.15, 0.2) is 5.82 Å². The molecular formula is C25H23F2N3O2. The van der Waals surface area contributed by atoms with E-state index in [1.807, 2.05) is 0 Å². The van der Waals surface area contributed by atoms with Gasteiger partial charge in [0, 0.05) is 28.5 Å². The molecule has 164 valence electrons. The molecule has 3 aromatic rings. The predicted octanol–water partition coefficient (Wildman–Crippen LogP) is 4.08. The first-order valence-electron chi connectivity index (χ1n) is 10.4. The van der Waals surface area contributed by atoms with Crippen molar-refractivity contribution in [2.45, 2.75) is 44.8 Å². The lowest BCUT2D eigenvalue weighted by atomic mass is 9.92.